The molecule has 3 aromatic carbocycles. The Labute approximate surface area is 643 Å². The molecule has 24 nitrogen and oxygen atoms in total. The van der Waals surface area contributed by atoms with E-state index in [9.17, 15) is 47.3 Å². The number of aliphatic carboxylic acids is 1. The number of esters is 3. The van der Waals surface area contributed by atoms with Gasteiger partial charge >= 0.3 is 30.3 Å². The van der Waals surface area contributed by atoms with Crippen molar-refractivity contribution < 1.29 is 90.3 Å². The van der Waals surface area contributed by atoms with Gasteiger partial charge < -0.3 is 64.1 Å². The van der Waals surface area contributed by atoms with Crippen molar-refractivity contribution in [2.75, 3.05) is 53.9 Å². The quantitative estimate of drug-likeness (QED) is 0.0116. The van der Waals surface area contributed by atoms with Crippen molar-refractivity contribution in [1.29, 1.82) is 0 Å². The van der Waals surface area contributed by atoms with E-state index in [1.807, 2.05) is 36.4 Å². The molecular formula is C81H101N5O19P4. The monoisotopic (exact) mass is 1570 g/mol. The zero-order valence-corrected chi connectivity index (χ0v) is 66.5. The molecule has 16 atom stereocenters. The Morgan fingerprint density at radius 1 is 0.550 bits per heavy atom. The van der Waals surface area contributed by atoms with Crippen molar-refractivity contribution in [2.45, 2.75) is 238 Å². The Bertz CT molecular complexity index is 4000. The fourth-order valence-corrected chi connectivity index (χ4v) is 23.7. The van der Waals surface area contributed by atoms with Crippen LogP contribution in [0.5, 0.6) is 17.2 Å². The third-order valence-corrected chi connectivity index (χ3v) is 30.1. The van der Waals surface area contributed by atoms with Gasteiger partial charge in [-0.2, -0.15) is 4.67 Å². The zero-order valence-electron chi connectivity index (χ0n) is 62.8. The summed E-state index contributed by atoms with van der Waals surface area (Å²) >= 11 is 0. The third kappa shape index (κ3) is 14.5. The van der Waals surface area contributed by atoms with Gasteiger partial charge in [0.15, 0.2) is 43.7 Å². The number of carboxylic acids is 1. The van der Waals surface area contributed by atoms with Crippen molar-refractivity contribution in [3.63, 3.8) is 0 Å². The van der Waals surface area contributed by atoms with E-state index < -0.39 is 42.3 Å². The molecule has 6 bridgehead atoms. The number of rotatable bonds is 23. The molecule has 109 heavy (non-hydrogen) atoms. The number of ether oxygens (including phenoxy) is 6. The molecule has 0 radical (unpaired) electrons. The fourth-order valence-electron chi connectivity index (χ4n) is 21.5. The molecule has 14 aliphatic rings. The summed E-state index contributed by atoms with van der Waals surface area (Å²) < 4.78 is 77.5. The molecule has 6 aliphatic heterocycles. The van der Waals surface area contributed by atoms with E-state index in [0.29, 0.717) is 63.2 Å². The van der Waals surface area contributed by atoms with Gasteiger partial charge in [0, 0.05) is 93.4 Å². The molecule has 3 spiro atoms. The predicted octanol–water partition coefficient (Wildman–Crippen LogP) is 9.72. The maximum atomic E-state index is 13.0. The van der Waals surface area contributed by atoms with Crippen LogP contribution in [0.1, 0.15) is 176 Å². The molecule has 2 saturated carbocycles. The molecule has 6 heterocycles. The van der Waals surface area contributed by atoms with Gasteiger partial charge in [0.25, 0.3) is 0 Å². The summed E-state index contributed by atoms with van der Waals surface area (Å²) in [5.41, 5.74) is 12.5. The van der Waals surface area contributed by atoms with E-state index in [1.165, 1.54) is 67.7 Å². The number of piperidine rings is 3. The minimum Gasteiger partial charge on any atom is -0.484 e. The second-order valence-corrected chi connectivity index (χ2v) is 36.1. The minimum atomic E-state index is -1.03. The Kier molecular flexibility index (Phi) is 23.8. The molecule has 0 aromatic heterocycles. The van der Waals surface area contributed by atoms with E-state index in [4.69, 9.17) is 43.9 Å². The molecule has 1 amide bonds. The lowest BCUT2D eigenvalue weighted by Gasteiger charge is -2.56. The van der Waals surface area contributed by atoms with Crippen LogP contribution in [0.25, 0.3) is 0 Å². The van der Waals surface area contributed by atoms with E-state index in [2.05, 4.69) is 89.4 Å². The average Bonchev–Trinajstić information content (AvgIpc) is 1.57. The van der Waals surface area contributed by atoms with Crippen LogP contribution in [0, 0.1) is 23.2 Å². The number of carboxylic acid groups (broad SMARTS) is 1. The molecule has 7 unspecified atom stereocenters. The van der Waals surface area contributed by atoms with Crippen LogP contribution in [0.2, 0.25) is 0 Å². The maximum Gasteiger partial charge on any atom is 0.331 e. The van der Waals surface area contributed by atoms with Crippen molar-refractivity contribution in [2.24, 2.45) is 28.9 Å². The number of nitrogens with one attached hydrogen (secondary N) is 1. The highest BCUT2D eigenvalue weighted by Crippen LogP contribution is 2.64. The molecular weight excluding hydrogens is 1470 g/mol. The number of likely N-dealkylation sites (N-methyl/N-ethyl adjacent to an activating group) is 3. The first kappa shape index (κ1) is 79.0. The summed E-state index contributed by atoms with van der Waals surface area (Å²) in [6.45, 7) is 8.07. The summed E-state index contributed by atoms with van der Waals surface area (Å²) in [6, 6.07) is 12.9. The van der Waals surface area contributed by atoms with Gasteiger partial charge in [-0.1, -0.05) is 81.9 Å². The summed E-state index contributed by atoms with van der Waals surface area (Å²) in [6.07, 6.45) is 27.9. The van der Waals surface area contributed by atoms with Gasteiger partial charge in [-0.05, 0) is 183 Å². The first-order chi connectivity index (χ1) is 52.6. The summed E-state index contributed by atoms with van der Waals surface area (Å²) in [4.78, 5) is 94.4. The largest absolute Gasteiger partial charge is 0.484 e. The lowest BCUT2D eigenvalue weighted by atomic mass is 9.53. The number of carbonyl (C=O) groups is 7. The molecule has 28 heteroatoms. The van der Waals surface area contributed by atoms with Gasteiger partial charge in [0.2, 0.25) is 5.91 Å². The molecule has 3 saturated heterocycles. The number of amides is 1. The smallest absolute Gasteiger partial charge is 0.331 e. The van der Waals surface area contributed by atoms with Gasteiger partial charge in [0.05, 0.1) is 50.4 Å². The van der Waals surface area contributed by atoms with Crippen molar-refractivity contribution in [3.05, 3.63) is 106 Å². The molecule has 4 N–H and O–H groups in total. The first-order valence-corrected chi connectivity index (χ1v) is 42.4. The van der Waals surface area contributed by atoms with Crippen LogP contribution >= 0.6 is 34.2 Å². The van der Waals surface area contributed by atoms with Gasteiger partial charge in [0.1, 0.15) is 41.3 Å². The fraction of sp³-hybridized carbons (Fsp3) is 0.617. The number of hydrogen-bond acceptors (Lipinski definition) is 22. The summed E-state index contributed by atoms with van der Waals surface area (Å²) in [5.74, 6) is 0.113. The van der Waals surface area contributed by atoms with Crippen LogP contribution in [-0.4, -0.2) is 176 Å². The van der Waals surface area contributed by atoms with Gasteiger partial charge in [-0.25, -0.2) is 0 Å². The normalized spacial score (nSPS) is 31.9. The number of nitrogens with two attached hydrogens (primary N) is 1. The molecule has 5 fully saturated rings. The number of hydrogen-bond donors (Lipinski definition) is 3. The molecule has 17 rings (SSSR count). The second-order valence-electron chi connectivity index (χ2n) is 32.7. The number of ketones is 1. The van der Waals surface area contributed by atoms with E-state index in [0.717, 1.165) is 108 Å². The van der Waals surface area contributed by atoms with Crippen LogP contribution < -0.4 is 41.2 Å². The van der Waals surface area contributed by atoms with Crippen LogP contribution in [0.15, 0.2) is 72.9 Å². The molecule has 584 valence electrons. The van der Waals surface area contributed by atoms with Crippen LogP contribution in [0.4, 0.5) is 0 Å². The van der Waals surface area contributed by atoms with E-state index in [-0.39, 0.29) is 148 Å². The second kappa shape index (κ2) is 32.8. The van der Waals surface area contributed by atoms with Gasteiger partial charge in [-0.15, -0.1) is 0 Å². The molecule has 8 aliphatic carbocycles. The zero-order chi connectivity index (χ0) is 76.7. The third-order valence-electron chi connectivity index (χ3n) is 27.1. The number of Topliss-reactive ketones (excluding diaryl/α,β-unsaturated/α-hetero) is 1. The Balaban J connectivity index is 0.000000130. The summed E-state index contributed by atoms with van der Waals surface area (Å²) in [7, 11) is 6.16. The van der Waals surface area contributed by atoms with Crippen LogP contribution in [-0.2, 0) is 107 Å². The van der Waals surface area contributed by atoms with Crippen molar-refractivity contribution in [1.82, 2.24) is 20.0 Å². The highest BCUT2D eigenvalue weighted by Gasteiger charge is 2.68. The summed E-state index contributed by atoms with van der Waals surface area (Å²) in [5, 5.41) is 13.4. The van der Waals surface area contributed by atoms with E-state index in [1.54, 1.807) is 0 Å². The number of carbonyl (C=O) groups excluding carboxylic acids is 6. The Morgan fingerprint density at radius 3 is 1.28 bits per heavy atom. The lowest BCUT2D eigenvalue weighted by Crippen LogP contribution is -2.65. The number of nitrogens with zero attached hydrogens (tertiary/aromatic N) is 3. The minimum absolute atomic E-state index is 0.00982. The van der Waals surface area contributed by atoms with Gasteiger partial charge in [-0.3, -0.25) is 47.3 Å². The highest BCUT2D eigenvalue weighted by atomic mass is 31.1. The predicted molar refractivity (Wildman–Crippen MR) is 407 cm³/mol. The average molecular weight is 1570 g/mol. The number of benzene rings is 3. The van der Waals surface area contributed by atoms with Crippen LogP contribution in [0.3, 0.4) is 0 Å². The standard InChI is InChI=1S/C29H36N2O8P2.C22H24NO5P.C21H22NO6P.C9H19N/c1-31-14-13-29-19-6-7-21(27(29)38-26-22(40-35)8-5-18(25(26)29)15-20(19)31)37-24(34)10-9-23(33)30-16-28(41-39-36-17-32)11-3-2-4-12-28;1-12(24)3-8-18(25)27-16-6-5-14-15-11-13-4-7-17(29-26)20-19(13)22(14,21(16)28-20)9-10-23(15)2;1-22-9-8-21-12-3-4-14(27-17(25)7-6-16(23)24)20(21)28-19-15(29-26)5-2-11(18(19)21)10-13(12)22;1-2-9(8-10)6-4-3-5-7-9/h5-8,17,19-21,27,41H,2-4,9-16H2,1H3,(H,30,33);4-7,14-16,21H,3,8-11H2,1-2H3;2-5,12-14,20H,6-10H2,1H3,(H,23,24);2-8,10H2,1H3/t19-,20+,21?,27?,29-;14-,15+,16?,21?,22-;12-,13+,14?,20?,21-;/m000./s1. The Hall–Kier alpha value is -6.70. The maximum absolute atomic E-state index is 13.0. The SMILES string of the molecule is CC(=O)CCC(=O)OC1C=C[C@H]2[C@H]3Cc4ccc(P=O)c5c4[C@@]2(CCN3C)C1O5.CCC1(CN)CCCCC1.CN1CC[C@]23c4c5ccc(P=O)c4OC2C(OC(=O)CCC(=O)NCC2(POOC=O)CCCCC2)C=C[C@H]3[C@H]1C5.CN1CC[C@]23c4c5ccc(P=O)c4OC2C(OC(=O)CCC(=O)O)C=C[C@H]3[C@H]1C5. The molecule has 3 aromatic rings. The topological polar surface area (TPSA) is 313 Å². The van der Waals surface area contributed by atoms with Crippen molar-refractivity contribution in [3.8, 4) is 17.2 Å². The highest BCUT2D eigenvalue weighted by molar-refractivity contribution is 7.35. The van der Waals surface area contributed by atoms with E-state index >= 15 is 0 Å². The lowest BCUT2D eigenvalue weighted by molar-refractivity contribution is -0.191. The Morgan fingerprint density at radius 2 is 0.936 bits per heavy atom. The van der Waals surface area contributed by atoms with Crippen molar-refractivity contribution >= 4 is 92.1 Å². The number of likely N-dealkylation sites (tertiary alicyclic amines) is 3. The first-order valence-electron chi connectivity index (χ1n) is 39.1.